The molecule has 1 rings (SSSR count). The molecule has 0 heterocycles. The number of ether oxygens (including phenoxy) is 2. The molecular weight excluding hydrogens is 318 g/mol. The topological polar surface area (TPSA) is 30.5 Å². The van der Waals surface area contributed by atoms with Crippen LogP contribution in [0.15, 0.2) is 22.7 Å². The van der Waals surface area contributed by atoms with E-state index in [1.807, 2.05) is 6.07 Å². The van der Waals surface area contributed by atoms with Gasteiger partial charge in [0.05, 0.1) is 17.2 Å². The first-order chi connectivity index (χ1) is 9.29. The van der Waals surface area contributed by atoms with Crippen molar-refractivity contribution in [3.63, 3.8) is 0 Å². The molecule has 1 N–H and O–H groups in total. The molecule has 114 valence electrons. The van der Waals surface area contributed by atoms with Gasteiger partial charge in [0.1, 0.15) is 5.75 Å². The lowest BCUT2D eigenvalue weighted by molar-refractivity contribution is 0.00782. The average molecular weight is 344 g/mol. The zero-order valence-corrected chi connectivity index (χ0v) is 14.9. The smallest absolute Gasteiger partial charge is 0.133 e. The average Bonchev–Trinajstić information content (AvgIpc) is 2.37. The van der Waals surface area contributed by atoms with Crippen molar-refractivity contribution in [1.29, 1.82) is 0 Å². The summed E-state index contributed by atoms with van der Waals surface area (Å²) < 4.78 is 11.7. The van der Waals surface area contributed by atoms with Crippen molar-refractivity contribution in [2.45, 2.75) is 51.8 Å². The Morgan fingerprint density at radius 1 is 1.25 bits per heavy atom. The summed E-state index contributed by atoms with van der Waals surface area (Å²) in [6, 6.07) is 6.84. The highest BCUT2D eigenvalue weighted by Crippen LogP contribution is 2.28. The van der Waals surface area contributed by atoms with Gasteiger partial charge in [-0.15, -0.1) is 0 Å². The molecule has 3 nitrogen and oxygen atoms in total. The number of nitrogens with one attached hydrogen (secondary N) is 1. The Kier molecular flexibility index (Phi) is 6.49. The molecule has 0 saturated heterocycles. The maximum atomic E-state index is 5.48. The summed E-state index contributed by atoms with van der Waals surface area (Å²) >= 11 is 3.53. The van der Waals surface area contributed by atoms with E-state index in [2.05, 4.69) is 61.1 Å². The quantitative estimate of drug-likeness (QED) is 0.799. The Balaban J connectivity index is 2.66. The Bertz CT molecular complexity index is 434. The minimum Gasteiger partial charge on any atom is -0.496 e. The van der Waals surface area contributed by atoms with E-state index in [9.17, 15) is 0 Å². The molecule has 0 fully saturated rings. The van der Waals surface area contributed by atoms with Crippen molar-refractivity contribution >= 4 is 15.9 Å². The third kappa shape index (κ3) is 5.08. The maximum absolute atomic E-state index is 5.48. The van der Waals surface area contributed by atoms with Gasteiger partial charge >= 0.3 is 0 Å². The van der Waals surface area contributed by atoms with Gasteiger partial charge in [0.15, 0.2) is 0 Å². The fraction of sp³-hybridized carbons (Fsp3) is 0.625. The van der Waals surface area contributed by atoms with E-state index in [1.165, 1.54) is 5.56 Å². The van der Waals surface area contributed by atoms with E-state index >= 15 is 0 Å². The van der Waals surface area contributed by atoms with E-state index in [0.717, 1.165) is 16.6 Å². The van der Waals surface area contributed by atoms with Crippen LogP contribution in [0.3, 0.4) is 0 Å². The van der Waals surface area contributed by atoms with Crippen molar-refractivity contribution < 1.29 is 9.47 Å². The minimum absolute atomic E-state index is 0.105. The Morgan fingerprint density at radius 3 is 2.40 bits per heavy atom. The number of benzene rings is 1. The number of hydrogen-bond acceptors (Lipinski definition) is 3. The second-order valence-electron chi connectivity index (χ2n) is 5.85. The lowest BCUT2D eigenvalue weighted by atomic mass is 9.98. The van der Waals surface area contributed by atoms with Crippen LogP contribution in [0.5, 0.6) is 5.75 Å². The Labute approximate surface area is 131 Å². The summed E-state index contributed by atoms with van der Waals surface area (Å²) in [7, 11) is 3.44. The molecule has 1 aromatic rings. The first-order valence-corrected chi connectivity index (χ1v) is 7.73. The van der Waals surface area contributed by atoms with Crippen LogP contribution >= 0.6 is 15.9 Å². The van der Waals surface area contributed by atoms with Crippen LogP contribution in [-0.4, -0.2) is 25.9 Å². The van der Waals surface area contributed by atoms with Crippen LogP contribution in [0.2, 0.25) is 0 Å². The summed E-state index contributed by atoms with van der Waals surface area (Å²) in [6.45, 7) is 8.58. The lowest BCUT2D eigenvalue weighted by Crippen LogP contribution is -2.36. The number of hydrogen-bond donors (Lipinski definition) is 1. The molecule has 20 heavy (non-hydrogen) atoms. The van der Waals surface area contributed by atoms with E-state index in [0.29, 0.717) is 6.04 Å². The fourth-order valence-corrected chi connectivity index (χ4v) is 2.91. The van der Waals surface area contributed by atoms with Gasteiger partial charge in [0, 0.05) is 19.2 Å². The van der Waals surface area contributed by atoms with E-state index in [4.69, 9.17) is 9.47 Å². The zero-order valence-electron chi connectivity index (χ0n) is 13.3. The van der Waals surface area contributed by atoms with Crippen LogP contribution in [-0.2, 0) is 4.74 Å². The molecule has 1 aromatic carbocycles. The van der Waals surface area contributed by atoms with Crippen LogP contribution in [0, 0.1) is 0 Å². The van der Waals surface area contributed by atoms with Crippen molar-refractivity contribution in [2.75, 3.05) is 14.2 Å². The van der Waals surface area contributed by atoms with Gasteiger partial charge in [-0.3, -0.25) is 0 Å². The van der Waals surface area contributed by atoms with E-state index < -0.39 is 0 Å². The molecule has 0 aliphatic heterocycles. The van der Waals surface area contributed by atoms with Crippen LogP contribution in [0.4, 0.5) is 0 Å². The summed E-state index contributed by atoms with van der Waals surface area (Å²) in [5.74, 6) is 0.856. The molecule has 0 saturated carbocycles. The predicted molar refractivity (Wildman–Crippen MR) is 87.4 cm³/mol. The summed E-state index contributed by atoms with van der Waals surface area (Å²) in [5, 5.41) is 3.61. The van der Waals surface area contributed by atoms with Gasteiger partial charge in [0.2, 0.25) is 0 Å². The van der Waals surface area contributed by atoms with E-state index in [1.54, 1.807) is 14.2 Å². The zero-order chi connectivity index (χ0) is 15.3. The summed E-state index contributed by atoms with van der Waals surface area (Å²) in [4.78, 5) is 0. The van der Waals surface area contributed by atoms with Gasteiger partial charge in [0.25, 0.3) is 0 Å². The van der Waals surface area contributed by atoms with Gasteiger partial charge in [-0.25, -0.2) is 0 Å². The van der Waals surface area contributed by atoms with Gasteiger partial charge in [-0.1, -0.05) is 6.07 Å². The fourth-order valence-electron chi connectivity index (χ4n) is 2.35. The molecule has 0 spiro atoms. The Morgan fingerprint density at radius 2 is 1.90 bits per heavy atom. The number of rotatable bonds is 7. The maximum Gasteiger partial charge on any atom is 0.133 e. The SMILES string of the molecule is COc1ccc(C(C)NC(C)CC(C)(C)OC)cc1Br. The molecule has 2 unspecified atom stereocenters. The van der Waals surface area contributed by atoms with Crippen LogP contribution in [0.1, 0.15) is 45.7 Å². The minimum atomic E-state index is -0.105. The molecule has 4 heteroatoms. The second-order valence-corrected chi connectivity index (χ2v) is 6.71. The first-order valence-electron chi connectivity index (χ1n) is 6.93. The molecular formula is C16H26BrNO2. The monoisotopic (exact) mass is 343 g/mol. The number of halogens is 1. The third-order valence-electron chi connectivity index (χ3n) is 3.56. The van der Waals surface area contributed by atoms with Gasteiger partial charge in [-0.2, -0.15) is 0 Å². The van der Waals surface area contributed by atoms with Crippen LogP contribution in [0.25, 0.3) is 0 Å². The highest BCUT2D eigenvalue weighted by molar-refractivity contribution is 9.10. The normalized spacial score (nSPS) is 14.9. The largest absolute Gasteiger partial charge is 0.496 e. The van der Waals surface area contributed by atoms with Gasteiger partial charge < -0.3 is 14.8 Å². The van der Waals surface area contributed by atoms with Crippen molar-refractivity contribution in [1.82, 2.24) is 5.32 Å². The van der Waals surface area contributed by atoms with Gasteiger partial charge in [-0.05, 0) is 67.7 Å². The number of methoxy groups -OCH3 is 2. The molecule has 0 bridgehead atoms. The van der Waals surface area contributed by atoms with Crippen LogP contribution < -0.4 is 10.1 Å². The highest BCUT2D eigenvalue weighted by atomic mass is 79.9. The standard InChI is InChI=1S/C16H26BrNO2/c1-11(10-16(3,4)20-6)18-12(2)13-7-8-15(19-5)14(17)9-13/h7-9,11-12,18H,10H2,1-6H3. The van der Waals surface area contributed by atoms with Crippen molar-refractivity contribution in [2.24, 2.45) is 0 Å². The molecule has 0 radical (unpaired) electrons. The predicted octanol–water partition coefficient (Wildman–Crippen LogP) is 4.31. The highest BCUT2D eigenvalue weighted by Gasteiger charge is 2.21. The lowest BCUT2D eigenvalue weighted by Gasteiger charge is -2.29. The summed E-state index contributed by atoms with van der Waals surface area (Å²) in [5.41, 5.74) is 1.13. The molecule has 0 aromatic heterocycles. The molecule has 0 aliphatic rings. The first kappa shape index (κ1) is 17.5. The van der Waals surface area contributed by atoms with E-state index in [-0.39, 0.29) is 11.6 Å². The summed E-state index contributed by atoms with van der Waals surface area (Å²) in [6.07, 6.45) is 0.963. The second kappa shape index (κ2) is 7.43. The molecule has 2 atom stereocenters. The molecule has 0 amide bonds. The van der Waals surface area contributed by atoms with Crippen molar-refractivity contribution in [3.05, 3.63) is 28.2 Å². The molecule has 0 aliphatic carbocycles. The Hall–Kier alpha value is -0.580. The third-order valence-corrected chi connectivity index (χ3v) is 4.18. The van der Waals surface area contributed by atoms with Crippen molar-refractivity contribution in [3.8, 4) is 5.75 Å².